The van der Waals surface area contributed by atoms with Gasteiger partial charge in [-0.05, 0) is 38.6 Å². The molecule has 0 aliphatic carbocycles. The maximum Gasteiger partial charge on any atom is 0.0593 e. The first-order valence-corrected chi connectivity index (χ1v) is 7.24. The fourth-order valence-corrected chi connectivity index (χ4v) is 2.26. The van der Waals surface area contributed by atoms with E-state index in [1.54, 1.807) is 0 Å². The van der Waals surface area contributed by atoms with Crippen LogP contribution in [0.4, 0.5) is 0 Å². The van der Waals surface area contributed by atoms with Gasteiger partial charge in [-0.15, -0.1) is 0 Å². The summed E-state index contributed by atoms with van der Waals surface area (Å²) in [6.45, 7) is 10.9. The number of aryl methyl sites for hydroxylation is 1. The molecule has 3 heteroatoms. The van der Waals surface area contributed by atoms with Gasteiger partial charge in [0.2, 0.25) is 0 Å². The average molecular weight is 264 g/mol. The summed E-state index contributed by atoms with van der Waals surface area (Å²) in [6, 6.07) is 9.00. The van der Waals surface area contributed by atoms with Crippen molar-refractivity contribution in [2.45, 2.75) is 26.8 Å². The highest BCUT2D eigenvalue weighted by molar-refractivity contribution is 5.29. The zero-order chi connectivity index (χ0) is 14.1. The highest BCUT2D eigenvalue weighted by Gasteiger charge is 2.14. The highest BCUT2D eigenvalue weighted by atomic mass is 16.5. The highest BCUT2D eigenvalue weighted by Crippen LogP contribution is 2.18. The zero-order valence-electron chi connectivity index (χ0n) is 12.8. The van der Waals surface area contributed by atoms with Crippen LogP contribution in [0.2, 0.25) is 0 Å². The summed E-state index contributed by atoms with van der Waals surface area (Å²) < 4.78 is 5.41. The van der Waals surface area contributed by atoms with Gasteiger partial charge in [0.05, 0.1) is 6.61 Å². The SMILES string of the molecule is CCNC(CN(C)CCOCC)c1ccccc1C. The Morgan fingerprint density at radius 3 is 2.63 bits per heavy atom. The van der Waals surface area contributed by atoms with E-state index in [0.717, 1.165) is 32.8 Å². The number of nitrogens with zero attached hydrogens (tertiary/aromatic N) is 1. The summed E-state index contributed by atoms with van der Waals surface area (Å²) in [4.78, 5) is 2.33. The maximum atomic E-state index is 5.41. The fraction of sp³-hybridized carbons (Fsp3) is 0.625. The molecule has 3 nitrogen and oxygen atoms in total. The van der Waals surface area contributed by atoms with Gasteiger partial charge in [0.1, 0.15) is 0 Å². The van der Waals surface area contributed by atoms with Crippen LogP contribution >= 0.6 is 0 Å². The van der Waals surface area contributed by atoms with E-state index >= 15 is 0 Å². The molecule has 0 radical (unpaired) electrons. The van der Waals surface area contributed by atoms with E-state index in [1.807, 2.05) is 6.92 Å². The molecule has 0 aromatic heterocycles. The van der Waals surface area contributed by atoms with Crippen LogP contribution < -0.4 is 5.32 Å². The smallest absolute Gasteiger partial charge is 0.0593 e. The minimum absolute atomic E-state index is 0.387. The Morgan fingerprint density at radius 2 is 2.00 bits per heavy atom. The first-order chi connectivity index (χ1) is 9.19. The molecule has 0 spiro atoms. The number of nitrogens with one attached hydrogen (secondary N) is 1. The van der Waals surface area contributed by atoms with Crippen molar-refractivity contribution in [1.29, 1.82) is 0 Å². The van der Waals surface area contributed by atoms with Gasteiger partial charge in [-0.25, -0.2) is 0 Å². The molecule has 0 bridgehead atoms. The van der Waals surface area contributed by atoms with Gasteiger partial charge in [-0.2, -0.15) is 0 Å². The molecular weight excluding hydrogens is 236 g/mol. The standard InChI is InChI=1S/C16H28N2O/c1-5-17-16(13-18(4)11-12-19-6-2)15-10-8-7-9-14(15)3/h7-10,16-17H,5-6,11-13H2,1-4H3. The first-order valence-electron chi connectivity index (χ1n) is 7.24. The van der Waals surface area contributed by atoms with Crippen molar-refractivity contribution in [3.63, 3.8) is 0 Å². The Kier molecular flexibility index (Phi) is 7.72. The fourth-order valence-electron chi connectivity index (χ4n) is 2.26. The van der Waals surface area contributed by atoms with Gasteiger partial charge < -0.3 is 15.0 Å². The van der Waals surface area contributed by atoms with Gasteiger partial charge in [0.15, 0.2) is 0 Å². The summed E-state index contributed by atoms with van der Waals surface area (Å²) in [7, 11) is 2.15. The molecule has 1 unspecified atom stereocenters. The molecule has 19 heavy (non-hydrogen) atoms. The minimum Gasteiger partial charge on any atom is -0.380 e. The van der Waals surface area contributed by atoms with Crippen molar-refractivity contribution >= 4 is 0 Å². The Labute approximate surface area is 118 Å². The van der Waals surface area contributed by atoms with Crippen molar-refractivity contribution in [1.82, 2.24) is 10.2 Å². The lowest BCUT2D eigenvalue weighted by atomic mass is 10.0. The van der Waals surface area contributed by atoms with E-state index in [4.69, 9.17) is 4.74 Å². The van der Waals surface area contributed by atoms with E-state index in [0.29, 0.717) is 6.04 Å². The Balaban J connectivity index is 2.60. The molecule has 0 saturated heterocycles. The summed E-state index contributed by atoms with van der Waals surface area (Å²) in [5.41, 5.74) is 2.75. The molecule has 1 rings (SSSR count). The normalized spacial score (nSPS) is 12.9. The molecule has 1 aromatic carbocycles. The third kappa shape index (κ3) is 5.72. The molecule has 0 aliphatic rings. The van der Waals surface area contributed by atoms with Crippen LogP contribution in [0.15, 0.2) is 24.3 Å². The van der Waals surface area contributed by atoms with Gasteiger partial charge in [-0.1, -0.05) is 31.2 Å². The van der Waals surface area contributed by atoms with Crippen molar-refractivity contribution < 1.29 is 4.74 Å². The zero-order valence-corrected chi connectivity index (χ0v) is 12.8. The number of ether oxygens (including phenoxy) is 1. The Morgan fingerprint density at radius 1 is 1.26 bits per heavy atom. The van der Waals surface area contributed by atoms with Crippen LogP contribution in [-0.2, 0) is 4.74 Å². The molecule has 0 fully saturated rings. The summed E-state index contributed by atoms with van der Waals surface area (Å²) in [5, 5.41) is 3.58. The number of hydrogen-bond acceptors (Lipinski definition) is 3. The lowest BCUT2D eigenvalue weighted by molar-refractivity contribution is 0.119. The first kappa shape index (κ1) is 16.2. The second kappa shape index (κ2) is 9.08. The minimum atomic E-state index is 0.387. The average Bonchev–Trinajstić information content (AvgIpc) is 2.39. The van der Waals surface area contributed by atoms with E-state index < -0.39 is 0 Å². The van der Waals surface area contributed by atoms with Crippen LogP contribution in [0.5, 0.6) is 0 Å². The molecule has 0 aliphatic heterocycles. The predicted molar refractivity (Wildman–Crippen MR) is 81.6 cm³/mol. The van der Waals surface area contributed by atoms with E-state index in [-0.39, 0.29) is 0 Å². The number of likely N-dealkylation sites (N-methyl/N-ethyl adjacent to an activating group) is 2. The van der Waals surface area contributed by atoms with Gasteiger partial charge in [-0.3, -0.25) is 0 Å². The van der Waals surface area contributed by atoms with Crippen molar-refractivity contribution in [3.8, 4) is 0 Å². The largest absolute Gasteiger partial charge is 0.380 e. The summed E-state index contributed by atoms with van der Waals surface area (Å²) in [6.07, 6.45) is 0. The lowest BCUT2D eigenvalue weighted by Crippen LogP contribution is -2.35. The Hall–Kier alpha value is -0.900. The van der Waals surface area contributed by atoms with E-state index in [1.165, 1.54) is 11.1 Å². The van der Waals surface area contributed by atoms with E-state index in [2.05, 4.69) is 55.4 Å². The molecule has 0 heterocycles. The maximum absolute atomic E-state index is 5.41. The lowest BCUT2D eigenvalue weighted by Gasteiger charge is -2.26. The Bertz CT molecular complexity index is 354. The number of rotatable bonds is 9. The summed E-state index contributed by atoms with van der Waals surface area (Å²) >= 11 is 0. The molecule has 0 saturated carbocycles. The number of hydrogen-bond donors (Lipinski definition) is 1. The van der Waals surface area contributed by atoms with Crippen molar-refractivity contribution in [2.24, 2.45) is 0 Å². The van der Waals surface area contributed by atoms with Gasteiger partial charge >= 0.3 is 0 Å². The van der Waals surface area contributed by atoms with Gasteiger partial charge in [0, 0.05) is 25.7 Å². The van der Waals surface area contributed by atoms with Crippen LogP contribution in [0.1, 0.15) is 31.0 Å². The van der Waals surface area contributed by atoms with Crippen LogP contribution in [0, 0.1) is 6.92 Å². The monoisotopic (exact) mass is 264 g/mol. The molecule has 108 valence electrons. The molecule has 1 atom stereocenters. The molecule has 1 aromatic rings. The van der Waals surface area contributed by atoms with Crippen molar-refractivity contribution in [3.05, 3.63) is 35.4 Å². The van der Waals surface area contributed by atoms with Crippen LogP contribution in [-0.4, -0.2) is 44.8 Å². The second-order valence-electron chi connectivity index (χ2n) is 4.93. The predicted octanol–water partition coefficient (Wildman–Crippen LogP) is 2.61. The third-order valence-corrected chi connectivity index (χ3v) is 3.33. The molecular formula is C16H28N2O. The van der Waals surface area contributed by atoms with E-state index in [9.17, 15) is 0 Å². The molecule has 0 amide bonds. The van der Waals surface area contributed by atoms with Crippen LogP contribution in [0.25, 0.3) is 0 Å². The second-order valence-corrected chi connectivity index (χ2v) is 4.93. The van der Waals surface area contributed by atoms with Crippen molar-refractivity contribution in [2.75, 3.05) is 39.9 Å². The quantitative estimate of drug-likeness (QED) is 0.694. The molecule has 1 N–H and O–H groups in total. The topological polar surface area (TPSA) is 24.5 Å². The summed E-state index contributed by atoms with van der Waals surface area (Å²) in [5.74, 6) is 0. The van der Waals surface area contributed by atoms with Gasteiger partial charge in [0.25, 0.3) is 0 Å². The third-order valence-electron chi connectivity index (χ3n) is 3.33. The number of benzene rings is 1. The van der Waals surface area contributed by atoms with Crippen LogP contribution in [0.3, 0.4) is 0 Å².